The largest absolute Gasteiger partial charge is 0.322 e. The Morgan fingerprint density at radius 1 is 1.19 bits per heavy atom. The van der Waals surface area contributed by atoms with E-state index in [0.29, 0.717) is 10.2 Å². The van der Waals surface area contributed by atoms with Crippen LogP contribution in [0.15, 0.2) is 53.3 Å². The first-order chi connectivity index (χ1) is 7.75. The number of hydrogen-bond donors (Lipinski definition) is 1. The molecule has 0 aliphatic heterocycles. The average Bonchev–Trinajstić information content (AvgIpc) is 2.30. The van der Waals surface area contributed by atoms with Gasteiger partial charge in [-0.3, -0.25) is 4.79 Å². The highest BCUT2D eigenvalue weighted by Gasteiger charge is 2.04. The van der Waals surface area contributed by atoms with Gasteiger partial charge >= 0.3 is 0 Å². The van der Waals surface area contributed by atoms with E-state index in [1.807, 2.05) is 18.2 Å². The van der Waals surface area contributed by atoms with E-state index in [1.165, 1.54) is 0 Å². The summed E-state index contributed by atoms with van der Waals surface area (Å²) in [6, 6.07) is 12.6. The van der Waals surface area contributed by atoms with Crippen molar-refractivity contribution in [3.8, 4) is 0 Å². The number of amides is 1. The molecule has 0 bridgehead atoms. The van der Waals surface area contributed by atoms with Crippen molar-refractivity contribution in [2.75, 3.05) is 5.32 Å². The lowest BCUT2D eigenvalue weighted by Gasteiger charge is -2.04. The van der Waals surface area contributed by atoms with Gasteiger partial charge in [-0.2, -0.15) is 0 Å². The van der Waals surface area contributed by atoms with E-state index in [2.05, 4.69) is 26.2 Å². The molecule has 16 heavy (non-hydrogen) atoms. The molecule has 1 aromatic heterocycles. The van der Waals surface area contributed by atoms with Gasteiger partial charge in [0.25, 0.3) is 5.91 Å². The zero-order chi connectivity index (χ0) is 11.4. The molecule has 0 aliphatic carbocycles. The van der Waals surface area contributed by atoms with E-state index in [0.717, 1.165) is 5.69 Å². The Kier molecular flexibility index (Phi) is 3.31. The second-order valence-corrected chi connectivity index (χ2v) is 4.00. The lowest BCUT2D eigenvalue weighted by atomic mass is 10.2. The molecule has 1 aromatic carbocycles. The number of anilines is 1. The molecule has 1 amide bonds. The summed E-state index contributed by atoms with van der Waals surface area (Å²) >= 11 is 3.25. The minimum atomic E-state index is -0.126. The molecule has 80 valence electrons. The van der Waals surface area contributed by atoms with Gasteiger partial charge in [0.2, 0.25) is 0 Å². The van der Waals surface area contributed by atoms with Gasteiger partial charge in [0.1, 0.15) is 4.60 Å². The van der Waals surface area contributed by atoms with Gasteiger partial charge in [-0.15, -0.1) is 0 Å². The Balaban J connectivity index is 2.14. The smallest absolute Gasteiger partial charge is 0.255 e. The Morgan fingerprint density at radius 3 is 2.62 bits per heavy atom. The van der Waals surface area contributed by atoms with Crippen LogP contribution in [0.1, 0.15) is 10.4 Å². The minimum absolute atomic E-state index is 0.126. The van der Waals surface area contributed by atoms with E-state index < -0.39 is 0 Å². The van der Waals surface area contributed by atoms with Crippen molar-refractivity contribution >= 4 is 27.5 Å². The lowest BCUT2D eigenvalue weighted by molar-refractivity contribution is 0.102. The second kappa shape index (κ2) is 4.90. The third-order valence-corrected chi connectivity index (χ3v) is 2.45. The van der Waals surface area contributed by atoms with Crippen molar-refractivity contribution in [1.82, 2.24) is 4.98 Å². The highest BCUT2D eigenvalue weighted by molar-refractivity contribution is 9.10. The zero-order valence-electron chi connectivity index (χ0n) is 8.35. The Hall–Kier alpha value is -1.68. The van der Waals surface area contributed by atoms with E-state index in [9.17, 15) is 4.79 Å². The van der Waals surface area contributed by atoms with Gasteiger partial charge < -0.3 is 5.32 Å². The maximum atomic E-state index is 11.8. The molecule has 0 radical (unpaired) electrons. The molecule has 0 atom stereocenters. The number of benzene rings is 1. The summed E-state index contributed by atoms with van der Waals surface area (Å²) in [7, 11) is 0. The molecule has 0 spiro atoms. The molecule has 4 heteroatoms. The standard InChI is InChI=1S/C12H9BrN2O/c13-11-8-10(6-7-14-11)15-12(16)9-4-2-1-3-5-9/h1-8H,(H,14,15,16). The first-order valence-corrected chi connectivity index (χ1v) is 5.53. The van der Waals surface area contributed by atoms with Crippen LogP contribution >= 0.6 is 15.9 Å². The van der Waals surface area contributed by atoms with Gasteiger partial charge in [-0.1, -0.05) is 18.2 Å². The van der Waals surface area contributed by atoms with Gasteiger partial charge in [-0.25, -0.2) is 4.98 Å². The Bertz CT molecular complexity index is 499. The molecule has 1 heterocycles. The minimum Gasteiger partial charge on any atom is -0.322 e. The fourth-order valence-corrected chi connectivity index (χ4v) is 1.64. The first kappa shape index (κ1) is 10.8. The number of nitrogens with one attached hydrogen (secondary N) is 1. The molecule has 0 saturated carbocycles. The van der Waals surface area contributed by atoms with Crippen LogP contribution in [0.25, 0.3) is 0 Å². The summed E-state index contributed by atoms with van der Waals surface area (Å²) in [4.78, 5) is 15.8. The quantitative estimate of drug-likeness (QED) is 0.857. The van der Waals surface area contributed by atoms with Crippen LogP contribution in [0.2, 0.25) is 0 Å². The van der Waals surface area contributed by atoms with Gasteiger partial charge in [-0.05, 0) is 40.2 Å². The van der Waals surface area contributed by atoms with Crippen molar-refractivity contribution in [2.45, 2.75) is 0 Å². The number of carbonyl (C=O) groups is 1. The fourth-order valence-electron chi connectivity index (χ4n) is 1.27. The van der Waals surface area contributed by atoms with Crippen molar-refractivity contribution in [1.29, 1.82) is 0 Å². The predicted molar refractivity (Wildman–Crippen MR) is 66.3 cm³/mol. The summed E-state index contributed by atoms with van der Waals surface area (Å²) < 4.78 is 0.693. The van der Waals surface area contributed by atoms with Crippen LogP contribution in [0.4, 0.5) is 5.69 Å². The number of nitrogens with zero attached hydrogens (tertiary/aromatic N) is 1. The van der Waals surface area contributed by atoms with Crippen molar-refractivity contribution in [3.63, 3.8) is 0 Å². The normalized spacial score (nSPS) is 9.81. The summed E-state index contributed by atoms with van der Waals surface area (Å²) in [5.41, 5.74) is 1.35. The molecule has 0 unspecified atom stereocenters. The van der Waals surface area contributed by atoms with Crippen LogP contribution in [0.3, 0.4) is 0 Å². The van der Waals surface area contributed by atoms with Crippen LogP contribution in [-0.2, 0) is 0 Å². The molecular weight excluding hydrogens is 268 g/mol. The maximum Gasteiger partial charge on any atom is 0.255 e. The molecule has 0 saturated heterocycles. The van der Waals surface area contributed by atoms with Gasteiger partial charge in [0.05, 0.1) is 0 Å². The van der Waals surface area contributed by atoms with Gasteiger partial charge in [0, 0.05) is 17.4 Å². The van der Waals surface area contributed by atoms with Gasteiger partial charge in [0.15, 0.2) is 0 Å². The topological polar surface area (TPSA) is 42.0 Å². The second-order valence-electron chi connectivity index (χ2n) is 3.19. The zero-order valence-corrected chi connectivity index (χ0v) is 9.94. The highest BCUT2D eigenvalue weighted by atomic mass is 79.9. The van der Waals surface area contributed by atoms with Crippen LogP contribution in [-0.4, -0.2) is 10.9 Å². The van der Waals surface area contributed by atoms with E-state index in [4.69, 9.17) is 0 Å². The number of carbonyl (C=O) groups excluding carboxylic acids is 1. The highest BCUT2D eigenvalue weighted by Crippen LogP contribution is 2.13. The summed E-state index contributed by atoms with van der Waals surface area (Å²) in [5.74, 6) is -0.126. The van der Waals surface area contributed by atoms with Crippen LogP contribution in [0, 0.1) is 0 Å². The number of hydrogen-bond acceptors (Lipinski definition) is 2. The summed E-state index contributed by atoms with van der Waals surface area (Å²) in [5, 5.41) is 2.79. The molecule has 2 rings (SSSR count). The monoisotopic (exact) mass is 276 g/mol. The third kappa shape index (κ3) is 2.67. The van der Waals surface area contributed by atoms with E-state index >= 15 is 0 Å². The summed E-state index contributed by atoms with van der Waals surface area (Å²) in [6.07, 6.45) is 1.63. The molecule has 0 fully saturated rings. The SMILES string of the molecule is O=C(Nc1ccnc(Br)c1)c1ccccc1. The number of aromatic nitrogens is 1. The number of pyridine rings is 1. The summed E-state index contributed by atoms with van der Waals surface area (Å²) in [6.45, 7) is 0. The van der Waals surface area contributed by atoms with Crippen LogP contribution < -0.4 is 5.32 Å². The molecule has 0 aliphatic rings. The molecule has 3 nitrogen and oxygen atoms in total. The van der Waals surface area contributed by atoms with E-state index in [1.54, 1.807) is 30.5 Å². The first-order valence-electron chi connectivity index (χ1n) is 4.73. The fraction of sp³-hybridized carbons (Fsp3) is 0. The number of rotatable bonds is 2. The lowest BCUT2D eigenvalue weighted by Crippen LogP contribution is -2.11. The average molecular weight is 277 g/mol. The van der Waals surface area contributed by atoms with Crippen LogP contribution in [0.5, 0.6) is 0 Å². The van der Waals surface area contributed by atoms with Crippen molar-refractivity contribution < 1.29 is 4.79 Å². The Labute approximate surface area is 102 Å². The maximum absolute atomic E-state index is 11.8. The molecule has 1 N–H and O–H groups in total. The third-order valence-electron chi connectivity index (χ3n) is 2.02. The number of halogens is 1. The molecular formula is C12H9BrN2O. The van der Waals surface area contributed by atoms with Crippen molar-refractivity contribution in [3.05, 3.63) is 58.8 Å². The molecule has 2 aromatic rings. The predicted octanol–water partition coefficient (Wildman–Crippen LogP) is 3.10. The van der Waals surface area contributed by atoms with Crippen molar-refractivity contribution in [2.24, 2.45) is 0 Å². The Morgan fingerprint density at radius 2 is 1.94 bits per heavy atom. The van der Waals surface area contributed by atoms with E-state index in [-0.39, 0.29) is 5.91 Å².